The molecular weight excluding hydrogens is 396 g/mol. The molecular formula is C23H26N4O2S. The van der Waals surface area contributed by atoms with Crippen LogP contribution in [0.15, 0.2) is 35.7 Å². The summed E-state index contributed by atoms with van der Waals surface area (Å²) in [5.74, 6) is 0.783. The first-order valence-corrected chi connectivity index (χ1v) is 11.6. The topological polar surface area (TPSA) is 78.1 Å². The summed E-state index contributed by atoms with van der Waals surface area (Å²) in [6.45, 7) is 2.14. The maximum atomic E-state index is 13.1. The number of aromatic amines is 1. The summed E-state index contributed by atoms with van der Waals surface area (Å²) in [4.78, 5) is 34.8. The highest BCUT2D eigenvalue weighted by Gasteiger charge is 2.30. The lowest BCUT2D eigenvalue weighted by Crippen LogP contribution is -2.39. The van der Waals surface area contributed by atoms with Crippen molar-refractivity contribution in [3.05, 3.63) is 52.1 Å². The van der Waals surface area contributed by atoms with E-state index >= 15 is 0 Å². The zero-order valence-electron chi connectivity index (χ0n) is 16.9. The van der Waals surface area contributed by atoms with Crippen LogP contribution >= 0.6 is 11.3 Å². The Kier molecular flexibility index (Phi) is 5.29. The number of thiazole rings is 1. The number of carbonyl (C=O) groups excluding carboxylic acids is 2. The number of benzene rings is 1. The lowest BCUT2D eigenvalue weighted by atomic mass is 9.98. The molecule has 1 atom stereocenters. The van der Waals surface area contributed by atoms with Gasteiger partial charge in [0.05, 0.1) is 10.7 Å². The second-order valence-corrected chi connectivity index (χ2v) is 9.24. The van der Waals surface area contributed by atoms with Crippen LogP contribution in [0.1, 0.15) is 52.8 Å². The van der Waals surface area contributed by atoms with Crippen molar-refractivity contribution in [2.45, 2.75) is 38.0 Å². The number of carbonyl (C=O) groups is 2. The quantitative estimate of drug-likeness (QED) is 0.636. The van der Waals surface area contributed by atoms with Crippen molar-refractivity contribution in [3.8, 4) is 0 Å². The van der Waals surface area contributed by atoms with E-state index in [9.17, 15) is 9.59 Å². The number of rotatable bonds is 6. The van der Waals surface area contributed by atoms with Crippen molar-refractivity contribution >= 4 is 34.1 Å². The molecule has 7 heteroatoms. The summed E-state index contributed by atoms with van der Waals surface area (Å²) in [6.07, 6.45) is 4.87. The SMILES string of the molecule is O=C(NCCc1csc([C@H]2CCCN(C(=O)c3cc4ccccc4[nH]3)C2)n1)C1CC1. The van der Waals surface area contributed by atoms with Crippen LogP contribution in [0.4, 0.5) is 0 Å². The highest BCUT2D eigenvalue weighted by molar-refractivity contribution is 7.09. The minimum atomic E-state index is 0.0652. The summed E-state index contributed by atoms with van der Waals surface area (Å²) < 4.78 is 0. The van der Waals surface area contributed by atoms with Crippen LogP contribution in [0.3, 0.4) is 0 Å². The molecule has 1 aliphatic carbocycles. The van der Waals surface area contributed by atoms with E-state index in [-0.39, 0.29) is 23.7 Å². The highest BCUT2D eigenvalue weighted by atomic mass is 32.1. The number of aromatic nitrogens is 2. The molecule has 1 saturated carbocycles. The predicted molar refractivity (Wildman–Crippen MR) is 118 cm³/mol. The third-order valence-electron chi connectivity index (χ3n) is 6.02. The van der Waals surface area contributed by atoms with Crippen molar-refractivity contribution in [1.29, 1.82) is 0 Å². The lowest BCUT2D eigenvalue weighted by molar-refractivity contribution is -0.122. The molecule has 0 unspecified atom stereocenters. The number of likely N-dealkylation sites (tertiary alicyclic amines) is 1. The molecule has 2 aromatic heterocycles. The first-order chi connectivity index (χ1) is 14.7. The number of piperidine rings is 1. The largest absolute Gasteiger partial charge is 0.355 e. The van der Waals surface area contributed by atoms with Crippen molar-refractivity contribution < 1.29 is 9.59 Å². The zero-order valence-corrected chi connectivity index (χ0v) is 17.7. The molecule has 0 bridgehead atoms. The minimum Gasteiger partial charge on any atom is -0.355 e. The normalized spacial score (nSPS) is 19.2. The Labute approximate surface area is 179 Å². The molecule has 6 nitrogen and oxygen atoms in total. The second-order valence-electron chi connectivity index (χ2n) is 8.35. The van der Waals surface area contributed by atoms with Crippen LogP contribution in [0.25, 0.3) is 10.9 Å². The van der Waals surface area contributed by atoms with Gasteiger partial charge in [-0.3, -0.25) is 9.59 Å². The van der Waals surface area contributed by atoms with Crippen molar-refractivity contribution in [2.75, 3.05) is 19.6 Å². The fourth-order valence-corrected chi connectivity index (χ4v) is 5.13. The van der Waals surface area contributed by atoms with E-state index in [0.29, 0.717) is 18.8 Å². The van der Waals surface area contributed by atoms with Gasteiger partial charge in [0.1, 0.15) is 5.69 Å². The van der Waals surface area contributed by atoms with E-state index in [1.54, 1.807) is 11.3 Å². The van der Waals surface area contributed by atoms with Crippen molar-refractivity contribution in [2.24, 2.45) is 5.92 Å². The molecule has 3 aromatic rings. The van der Waals surface area contributed by atoms with Gasteiger partial charge in [-0.05, 0) is 37.8 Å². The van der Waals surface area contributed by atoms with E-state index in [4.69, 9.17) is 4.98 Å². The fraction of sp³-hybridized carbons (Fsp3) is 0.435. The second kappa shape index (κ2) is 8.22. The number of fused-ring (bicyclic) bond motifs is 1. The third kappa shape index (κ3) is 4.12. The van der Waals surface area contributed by atoms with Crippen molar-refractivity contribution in [3.63, 3.8) is 0 Å². The Balaban J connectivity index is 1.20. The molecule has 1 aromatic carbocycles. The minimum absolute atomic E-state index is 0.0652. The molecule has 2 amide bonds. The Hall–Kier alpha value is -2.67. The van der Waals surface area contributed by atoms with Gasteiger partial charge < -0.3 is 15.2 Å². The number of amides is 2. The van der Waals surface area contributed by atoms with Gasteiger partial charge in [-0.15, -0.1) is 11.3 Å². The Morgan fingerprint density at radius 2 is 2.10 bits per heavy atom. The van der Waals surface area contributed by atoms with Crippen LogP contribution in [-0.4, -0.2) is 46.3 Å². The van der Waals surface area contributed by atoms with Crippen LogP contribution in [0.5, 0.6) is 0 Å². The molecule has 2 N–H and O–H groups in total. The van der Waals surface area contributed by atoms with E-state index in [1.807, 2.05) is 35.2 Å². The summed E-state index contributed by atoms with van der Waals surface area (Å²) in [5.41, 5.74) is 2.68. The van der Waals surface area contributed by atoms with Gasteiger partial charge in [0.25, 0.3) is 5.91 Å². The standard InChI is InChI=1S/C23H26N4O2S/c28-21(15-7-8-15)24-10-9-18-14-30-22(25-18)17-5-3-11-27(13-17)23(29)20-12-16-4-1-2-6-19(16)26-20/h1-2,4,6,12,14-15,17,26H,3,5,7-11,13H2,(H,24,28)/t17-/m0/s1. The fourth-order valence-electron chi connectivity index (χ4n) is 4.15. The molecule has 5 rings (SSSR count). The van der Waals surface area contributed by atoms with E-state index in [0.717, 1.165) is 60.3 Å². The maximum Gasteiger partial charge on any atom is 0.270 e. The average molecular weight is 423 g/mol. The molecule has 0 radical (unpaired) electrons. The monoisotopic (exact) mass is 422 g/mol. The summed E-state index contributed by atoms with van der Waals surface area (Å²) in [6, 6.07) is 9.92. The van der Waals surface area contributed by atoms with Gasteiger partial charge in [0.15, 0.2) is 0 Å². The smallest absolute Gasteiger partial charge is 0.270 e. The molecule has 2 aliphatic rings. The number of hydrogen-bond acceptors (Lipinski definition) is 4. The number of para-hydroxylation sites is 1. The predicted octanol–water partition coefficient (Wildman–Crippen LogP) is 3.71. The number of hydrogen-bond donors (Lipinski definition) is 2. The van der Waals surface area contributed by atoms with Gasteiger partial charge in [0.2, 0.25) is 5.91 Å². The third-order valence-corrected chi connectivity index (χ3v) is 7.07. The van der Waals surface area contributed by atoms with Crippen LogP contribution in [0.2, 0.25) is 0 Å². The Morgan fingerprint density at radius 3 is 2.93 bits per heavy atom. The molecule has 3 heterocycles. The van der Waals surface area contributed by atoms with Gasteiger partial charge in [-0.25, -0.2) is 4.98 Å². The molecule has 0 spiro atoms. The Morgan fingerprint density at radius 1 is 1.23 bits per heavy atom. The van der Waals surface area contributed by atoms with Crippen LogP contribution in [-0.2, 0) is 11.2 Å². The molecule has 1 saturated heterocycles. The van der Waals surface area contributed by atoms with E-state index in [1.165, 1.54) is 0 Å². The van der Waals surface area contributed by atoms with Gasteiger partial charge >= 0.3 is 0 Å². The number of H-pyrrole nitrogens is 1. The summed E-state index contributed by atoms with van der Waals surface area (Å²) >= 11 is 1.68. The first-order valence-electron chi connectivity index (χ1n) is 10.8. The summed E-state index contributed by atoms with van der Waals surface area (Å²) in [7, 11) is 0. The highest BCUT2D eigenvalue weighted by Crippen LogP contribution is 2.31. The molecule has 30 heavy (non-hydrogen) atoms. The Bertz CT molecular complexity index is 1040. The van der Waals surface area contributed by atoms with Gasteiger partial charge in [0, 0.05) is 54.2 Å². The van der Waals surface area contributed by atoms with Crippen LogP contribution < -0.4 is 5.32 Å². The van der Waals surface area contributed by atoms with Crippen molar-refractivity contribution in [1.82, 2.24) is 20.2 Å². The average Bonchev–Trinajstić information content (AvgIpc) is 3.37. The maximum absolute atomic E-state index is 13.1. The molecule has 156 valence electrons. The van der Waals surface area contributed by atoms with E-state index < -0.39 is 0 Å². The molecule has 2 fully saturated rings. The lowest BCUT2D eigenvalue weighted by Gasteiger charge is -2.31. The van der Waals surface area contributed by atoms with Gasteiger partial charge in [-0.1, -0.05) is 18.2 Å². The number of nitrogens with one attached hydrogen (secondary N) is 2. The van der Waals surface area contributed by atoms with E-state index in [2.05, 4.69) is 15.7 Å². The molecule has 1 aliphatic heterocycles. The van der Waals surface area contributed by atoms with Gasteiger partial charge in [-0.2, -0.15) is 0 Å². The number of nitrogens with zero attached hydrogens (tertiary/aromatic N) is 2. The first kappa shape index (κ1) is 19.3. The summed E-state index contributed by atoms with van der Waals surface area (Å²) in [5, 5.41) is 7.26. The van der Waals surface area contributed by atoms with Crippen LogP contribution in [0, 0.1) is 5.92 Å². The zero-order chi connectivity index (χ0) is 20.5.